The number of anilines is 1. The van der Waals surface area contributed by atoms with Crippen LogP contribution in [0.4, 0.5) is 24.5 Å². The molecule has 2 N–H and O–H groups in total. The molecule has 11 nitrogen and oxygen atoms in total. The second-order valence-electron chi connectivity index (χ2n) is 9.17. The average Bonchev–Trinajstić information content (AvgIpc) is 3.38. The van der Waals surface area contributed by atoms with Crippen LogP contribution in [0.25, 0.3) is 11.1 Å². The number of ether oxygens (including phenoxy) is 1. The smallest absolute Gasteiger partial charge is 0.490 e. The zero-order chi connectivity index (χ0) is 27.9. The van der Waals surface area contributed by atoms with Crippen LogP contribution in [-0.2, 0) is 11.3 Å². The molecule has 0 unspecified atom stereocenters. The Balaban J connectivity index is 0.000000505. The monoisotopic (exact) mass is 542 g/mol. The lowest BCUT2D eigenvalue weighted by molar-refractivity contribution is -0.385. The molecule has 0 atom stereocenters. The molecule has 0 radical (unpaired) electrons. The minimum absolute atomic E-state index is 0.0147. The fourth-order valence-corrected chi connectivity index (χ4v) is 4.65. The minimum Gasteiger partial charge on any atom is -0.490 e. The number of carboxylic acid groups (broad SMARTS) is 1. The molecule has 210 valence electrons. The van der Waals surface area contributed by atoms with Crippen LogP contribution in [0.2, 0.25) is 0 Å². The number of aromatic nitrogens is 2. The minimum atomic E-state index is -5.08. The third-order valence-corrected chi connectivity index (χ3v) is 6.69. The van der Waals surface area contributed by atoms with Crippen LogP contribution in [0.3, 0.4) is 0 Å². The molecule has 14 heteroatoms. The van der Waals surface area contributed by atoms with Crippen molar-refractivity contribution in [1.29, 1.82) is 0 Å². The standard InChI is InChI=1S/C22H32N6O3.C2HF3O2/c1-3-27-16-18(14-24-27)19-12-21(28(29)30)22(31-2)13-20(19)26-8-4-17(5-9-26)15-25-10-6-23-7-11-25;3-2(4,5)1(6)7/h12-14,16-17,23H,3-11,15H2,1-2H3;(H,6,7). The fraction of sp³-hybridized carbons (Fsp3) is 0.583. The Labute approximate surface area is 218 Å². The summed E-state index contributed by atoms with van der Waals surface area (Å²) in [6, 6.07) is 3.46. The number of carboxylic acids is 1. The van der Waals surface area contributed by atoms with Crippen LogP contribution in [-0.4, -0.2) is 89.8 Å². The lowest BCUT2D eigenvalue weighted by Crippen LogP contribution is -2.47. The Bertz CT molecular complexity index is 1100. The van der Waals surface area contributed by atoms with Gasteiger partial charge in [-0.25, -0.2) is 4.79 Å². The summed E-state index contributed by atoms with van der Waals surface area (Å²) in [5, 5.41) is 26.5. The number of nitro benzene ring substituents is 1. The Morgan fingerprint density at radius 2 is 1.87 bits per heavy atom. The van der Waals surface area contributed by atoms with E-state index in [1.165, 1.54) is 7.11 Å². The normalized spacial score (nSPS) is 17.0. The number of nitrogens with zero attached hydrogens (tertiary/aromatic N) is 5. The first kappa shape index (κ1) is 29.2. The fourth-order valence-electron chi connectivity index (χ4n) is 4.65. The van der Waals surface area contributed by atoms with Gasteiger partial charge in [0.05, 0.1) is 18.2 Å². The first-order valence-electron chi connectivity index (χ1n) is 12.4. The third kappa shape index (κ3) is 7.57. The molecule has 1 aromatic heterocycles. The van der Waals surface area contributed by atoms with Gasteiger partial charge in [-0.2, -0.15) is 18.3 Å². The molecule has 2 saturated heterocycles. The van der Waals surface area contributed by atoms with Gasteiger partial charge >= 0.3 is 17.8 Å². The quantitative estimate of drug-likeness (QED) is 0.401. The van der Waals surface area contributed by atoms with Crippen molar-refractivity contribution in [2.24, 2.45) is 5.92 Å². The summed E-state index contributed by atoms with van der Waals surface area (Å²) < 4.78 is 39.0. The number of methoxy groups -OCH3 is 1. The summed E-state index contributed by atoms with van der Waals surface area (Å²) in [6.07, 6.45) is 0.898. The predicted octanol–water partition coefficient (Wildman–Crippen LogP) is 3.24. The van der Waals surface area contributed by atoms with E-state index in [-0.39, 0.29) is 10.6 Å². The lowest BCUT2D eigenvalue weighted by Gasteiger charge is -2.37. The number of nitro groups is 1. The lowest BCUT2D eigenvalue weighted by atomic mass is 9.94. The maximum Gasteiger partial charge on any atom is 0.490 e. The number of aliphatic carboxylic acids is 1. The molecular formula is C24H33F3N6O5. The molecule has 1 aromatic carbocycles. The number of piperidine rings is 1. The van der Waals surface area contributed by atoms with Crippen molar-refractivity contribution in [3.05, 3.63) is 34.6 Å². The molecule has 2 aliphatic rings. The van der Waals surface area contributed by atoms with Crippen molar-refractivity contribution >= 4 is 17.3 Å². The third-order valence-electron chi connectivity index (χ3n) is 6.69. The Hall–Kier alpha value is -3.39. The highest BCUT2D eigenvalue weighted by molar-refractivity contribution is 5.82. The second-order valence-corrected chi connectivity index (χ2v) is 9.17. The summed E-state index contributed by atoms with van der Waals surface area (Å²) in [5.41, 5.74) is 2.70. The van der Waals surface area contributed by atoms with Crippen LogP contribution in [0, 0.1) is 16.0 Å². The predicted molar refractivity (Wildman–Crippen MR) is 134 cm³/mol. The van der Waals surface area contributed by atoms with Crippen molar-refractivity contribution in [2.45, 2.75) is 32.5 Å². The summed E-state index contributed by atoms with van der Waals surface area (Å²) in [4.78, 5) is 25.1. The zero-order valence-electron chi connectivity index (χ0n) is 21.4. The van der Waals surface area contributed by atoms with Crippen molar-refractivity contribution in [3.8, 4) is 16.9 Å². The molecule has 4 rings (SSSR count). The number of hydrogen-bond donors (Lipinski definition) is 2. The molecular weight excluding hydrogens is 509 g/mol. The number of halogens is 3. The number of benzene rings is 1. The number of alkyl halides is 3. The van der Waals surface area contributed by atoms with Gasteiger partial charge in [-0.15, -0.1) is 0 Å². The van der Waals surface area contributed by atoms with Gasteiger partial charge in [0.1, 0.15) is 0 Å². The van der Waals surface area contributed by atoms with Crippen molar-refractivity contribution in [1.82, 2.24) is 20.0 Å². The highest BCUT2D eigenvalue weighted by atomic mass is 19.4. The maximum atomic E-state index is 11.6. The van der Waals surface area contributed by atoms with Crippen molar-refractivity contribution < 1.29 is 32.7 Å². The molecule has 0 amide bonds. The number of hydrogen-bond acceptors (Lipinski definition) is 8. The Morgan fingerprint density at radius 3 is 2.37 bits per heavy atom. The van der Waals surface area contributed by atoms with Gasteiger partial charge < -0.3 is 25.0 Å². The van der Waals surface area contributed by atoms with Crippen LogP contribution >= 0.6 is 0 Å². The molecule has 0 saturated carbocycles. The van der Waals surface area contributed by atoms with Crippen molar-refractivity contribution in [2.75, 3.05) is 57.8 Å². The van der Waals surface area contributed by atoms with Gasteiger partial charge in [0.15, 0.2) is 5.75 Å². The maximum absolute atomic E-state index is 11.6. The van der Waals surface area contributed by atoms with Crippen LogP contribution in [0.15, 0.2) is 24.5 Å². The summed E-state index contributed by atoms with van der Waals surface area (Å²) in [7, 11) is 1.49. The SMILES string of the molecule is CCn1cc(-c2cc([N+](=O)[O-])c(OC)cc2N2CCC(CN3CCNCC3)CC2)cn1.O=C(O)C(F)(F)F. The van der Waals surface area contributed by atoms with Crippen molar-refractivity contribution in [3.63, 3.8) is 0 Å². The average molecular weight is 543 g/mol. The van der Waals surface area contributed by atoms with Crippen LogP contribution in [0.1, 0.15) is 19.8 Å². The highest BCUT2D eigenvalue weighted by Crippen LogP contribution is 2.41. The highest BCUT2D eigenvalue weighted by Gasteiger charge is 2.38. The summed E-state index contributed by atoms with van der Waals surface area (Å²) in [6.45, 7) is 10.2. The molecule has 3 heterocycles. The van der Waals surface area contributed by atoms with Gasteiger partial charge in [0.2, 0.25) is 0 Å². The molecule has 0 bridgehead atoms. The van der Waals surface area contributed by atoms with Crippen LogP contribution in [0.5, 0.6) is 5.75 Å². The zero-order valence-corrected chi connectivity index (χ0v) is 21.4. The molecule has 38 heavy (non-hydrogen) atoms. The van der Waals surface area contributed by atoms with E-state index in [2.05, 4.69) is 20.2 Å². The molecule has 2 fully saturated rings. The Morgan fingerprint density at radius 1 is 1.24 bits per heavy atom. The van der Waals surface area contributed by atoms with E-state index in [1.807, 2.05) is 23.9 Å². The molecule has 0 aliphatic carbocycles. The number of rotatable bonds is 7. The van der Waals surface area contributed by atoms with Gasteiger partial charge in [-0.3, -0.25) is 14.8 Å². The van der Waals surface area contributed by atoms with Gasteiger partial charge in [0.25, 0.3) is 0 Å². The first-order valence-corrected chi connectivity index (χ1v) is 12.4. The summed E-state index contributed by atoms with van der Waals surface area (Å²) in [5.74, 6) is -1.76. The number of piperazine rings is 1. The number of aryl methyl sites for hydroxylation is 1. The van der Waals surface area contributed by atoms with E-state index in [4.69, 9.17) is 14.6 Å². The molecule has 2 aromatic rings. The van der Waals surface area contributed by atoms with Gasteiger partial charge in [-0.1, -0.05) is 0 Å². The largest absolute Gasteiger partial charge is 0.490 e. The number of carbonyl (C=O) groups is 1. The Kier molecular flexibility index (Phi) is 9.91. The summed E-state index contributed by atoms with van der Waals surface area (Å²) >= 11 is 0. The second kappa shape index (κ2) is 12.9. The van der Waals surface area contributed by atoms with Gasteiger partial charge in [0, 0.05) is 87.5 Å². The van der Waals surface area contributed by atoms with E-state index in [9.17, 15) is 23.3 Å². The van der Waals surface area contributed by atoms with Crippen LogP contribution < -0.4 is 15.0 Å². The first-order chi connectivity index (χ1) is 18.0. The van der Waals surface area contributed by atoms with E-state index < -0.39 is 12.1 Å². The topological polar surface area (TPSA) is 126 Å². The van der Waals surface area contributed by atoms with E-state index in [0.717, 1.165) is 82.0 Å². The number of nitrogens with one attached hydrogen (secondary N) is 1. The van der Waals surface area contributed by atoms with E-state index >= 15 is 0 Å². The van der Waals surface area contributed by atoms with E-state index in [1.54, 1.807) is 12.3 Å². The van der Waals surface area contributed by atoms with E-state index in [0.29, 0.717) is 11.7 Å². The van der Waals surface area contributed by atoms with Gasteiger partial charge in [-0.05, 0) is 25.7 Å². The molecule has 0 spiro atoms. The molecule has 2 aliphatic heterocycles.